The Balaban J connectivity index is 1.92. The molecule has 0 unspecified atom stereocenters. The maximum atomic E-state index is 12.6. The van der Waals surface area contributed by atoms with Gasteiger partial charge in [0.25, 0.3) is 0 Å². The van der Waals surface area contributed by atoms with Crippen LogP contribution in [0.5, 0.6) is 11.6 Å². The zero-order valence-corrected chi connectivity index (χ0v) is 13.2. The fourth-order valence-corrected chi connectivity index (χ4v) is 2.17. The normalized spacial score (nSPS) is 11.4. The summed E-state index contributed by atoms with van der Waals surface area (Å²) in [6.07, 6.45) is -0.123. The summed E-state index contributed by atoms with van der Waals surface area (Å²) in [7, 11) is 0. The molecule has 5 nitrogen and oxygen atoms in total. The van der Waals surface area contributed by atoms with E-state index < -0.39 is 11.7 Å². The van der Waals surface area contributed by atoms with Gasteiger partial charge in [0.2, 0.25) is 5.88 Å². The summed E-state index contributed by atoms with van der Waals surface area (Å²) in [6, 6.07) is 5.80. The molecule has 1 aromatic carbocycles. The fourth-order valence-electron chi connectivity index (χ4n) is 2.00. The average Bonchev–Trinajstić information content (AvgIpc) is 2.58. The van der Waals surface area contributed by atoms with Crippen LogP contribution in [0, 0.1) is 0 Å². The molecule has 0 aliphatic heterocycles. The Morgan fingerprint density at radius 1 is 1.00 bits per heavy atom. The molecule has 0 saturated heterocycles. The van der Waals surface area contributed by atoms with Gasteiger partial charge >= 0.3 is 6.18 Å². The van der Waals surface area contributed by atoms with E-state index >= 15 is 0 Å². The van der Waals surface area contributed by atoms with E-state index in [4.69, 9.17) is 22.1 Å². The monoisotopic (exact) mass is 366 g/mol. The Kier molecular flexibility index (Phi) is 4.45. The smallest absolute Gasteiger partial charge is 0.416 e. The topological polar surface area (TPSA) is 73.9 Å². The van der Waals surface area contributed by atoms with E-state index in [1.54, 1.807) is 6.07 Å². The molecule has 2 N–H and O–H groups in total. The third kappa shape index (κ3) is 3.80. The van der Waals surface area contributed by atoms with Crippen LogP contribution in [0.3, 0.4) is 0 Å². The lowest BCUT2D eigenvalue weighted by Crippen LogP contribution is -2.04. The summed E-state index contributed by atoms with van der Waals surface area (Å²) in [6.45, 7) is 0. The molecule has 0 aliphatic rings. The summed E-state index contributed by atoms with van der Waals surface area (Å²) in [5.74, 6) is 0.452. The van der Waals surface area contributed by atoms with Crippen molar-refractivity contribution >= 4 is 17.4 Å². The van der Waals surface area contributed by atoms with E-state index in [1.807, 2.05) is 0 Å². The van der Waals surface area contributed by atoms with Crippen molar-refractivity contribution in [1.82, 2.24) is 15.0 Å². The van der Waals surface area contributed by atoms with E-state index in [9.17, 15) is 13.2 Å². The molecule has 128 valence electrons. The van der Waals surface area contributed by atoms with E-state index in [0.29, 0.717) is 11.3 Å². The number of ether oxygens (including phenoxy) is 1. The molecule has 0 bridgehead atoms. The highest BCUT2D eigenvalue weighted by molar-refractivity contribution is 6.33. The minimum Gasteiger partial charge on any atom is -0.437 e. The van der Waals surface area contributed by atoms with Crippen LogP contribution in [0.15, 0.2) is 48.9 Å². The Morgan fingerprint density at radius 2 is 1.68 bits per heavy atom. The first kappa shape index (κ1) is 17.0. The number of pyridine rings is 1. The highest BCUT2D eigenvalue weighted by Gasteiger charge is 2.30. The van der Waals surface area contributed by atoms with Gasteiger partial charge in [-0.15, -0.1) is 0 Å². The summed E-state index contributed by atoms with van der Waals surface area (Å²) < 4.78 is 43.4. The number of aromatic nitrogens is 3. The first-order valence-corrected chi connectivity index (χ1v) is 7.30. The zero-order chi connectivity index (χ0) is 18.0. The summed E-state index contributed by atoms with van der Waals surface area (Å²) >= 11 is 5.95. The van der Waals surface area contributed by atoms with E-state index in [-0.39, 0.29) is 22.5 Å². The molecule has 2 heterocycles. The Labute approximate surface area is 145 Å². The van der Waals surface area contributed by atoms with Crippen molar-refractivity contribution in [3.63, 3.8) is 0 Å². The Morgan fingerprint density at radius 3 is 2.32 bits per heavy atom. The number of halogens is 4. The van der Waals surface area contributed by atoms with Crippen molar-refractivity contribution < 1.29 is 17.9 Å². The van der Waals surface area contributed by atoms with Crippen LogP contribution < -0.4 is 10.5 Å². The number of rotatable bonds is 3. The predicted octanol–water partition coefficient (Wildman–Crippen LogP) is 4.59. The quantitative estimate of drug-likeness (QED) is 0.734. The molecule has 2 aromatic heterocycles. The molecule has 0 aliphatic carbocycles. The maximum absolute atomic E-state index is 12.6. The number of alkyl halides is 3. The molecule has 9 heteroatoms. The van der Waals surface area contributed by atoms with Crippen LogP contribution in [0.4, 0.5) is 19.0 Å². The first-order valence-electron chi connectivity index (χ1n) is 6.92. The van der Waals surface area contributed by atoms with Crippen LogP contribution in [-0.4, -0.2) is 15.0 Å². The van der Waals surface area contributed by atoms with E-state index in [2.05, 4.69) is 15.0 Å². The van der Waals surface area contributed by atoms with Crippen molar-refractivity contribution in [3.8, 4) is 22.9 Å². The van der Waals surface area contributed by atoms with Gasteiger partial charge < -0.3 is 10.5 Å². The molecular formula is C16H10ClF3N4O. The molecule has 0 radical (unpaired) electrons. The molecule has 3 aromatic rings. The number of hydrogen-bond donors (Lipinski definition) is 1. The lowest BCUT2D eigenvalue weighted by atomic mass is 10.2. The standard InChI is InChI=1S/C16H10ClF3N4O/c17-12-7-9(8-24-14(12)21)13-15(23-6-5-22-13)25-11-3-1-10(2-4-11)16(18,19)20/h1-8H,(H2,21,24). The molecule has 3 rings (SSSR count). The van der Waals surface area contributed by atoms with Gasteiger partial charge in [-0.05, 0) is 30.3 Å². The molecular weight excluding hydrogens is 357 g/mol. The van der Waals surface area contributed by atoms with Crippen molar-refractivity contribution in [2.75, 3.05) is 5.73 Å². The summed E-state index contributed by atoms with van der Waals surface area (Å²) in [5.41, 5.74) is 5.64. The second-order valence-electron chi connectivity index (χ2n) is 4.93. The lowest BCUT2D eigenvalue weighted by molar-refractivity contribution is -0.137. The van der Waals surface area contributed by atoms with Crippen LogP contribution in [0.2, 0.25) is 5.02 Å². The van der Waals surface area contributed by atoms with Crippen molar-refractivity contribution in [2.45, 2.75) is 6.18 Å². The predicted molar refractivity (Wildman–Crippen MR) is 86.2 cm³/mol. The first-order chi connectivity index (χ1) is 11.8. The number of anilines is 1. The second-order valence-corrected chi connectivity index (χ2v) is 5.33. The highest BCUT2D eigenvalue weighted by atomic mass is 35.5. The van der Waals surface area contributed by atoms with E-state index in [1.165, 1.54) is 30.7 Å². The van der Waals surface area contributed by atoms with Gasteiger partial charge in [-0.1, -0.05) is 11.6 Å². The minimum atomic E-state index is -4.41. The largest absolute Gasteiger partial charge is 0.437 e. The average molecular weight is 367 g/mol. The SMILES string of the molecule is Nc1ncc(-c2nccnc2Oc2ccc(C(F)(F)F)cc2)cc1Cl. The van der Waals surface area contributed by atoms with Gasteiger partial charge in [0.05, 0.1) is 10.6 Å². The van der Waals surface area contributed by atoms with Gasteiger partial charge in [-0.2, -0.15) is 13.2 Å². The number of nitrogens with two attached hydrogens (primary N) is 1. The molecule has 0 saturated carbocycles. The fraction of sp³-hybridized carbons (Fsp3) is 0.0625. The number of nitrogens with zero attached hydrogens (tertiary/aromatic N) is 3. The van der Waals surface area contributed by atoms with Crippen LogP contribution >= 0.6 is 11.6 Å². The van der Waals surface area contributed by atoms with Gasteiger partial charge in [0, 0.05) is 24.2 Å². The van der Waals surface area contributed by atoms with Gasteiger partial charge in [0.15, 0.2) is 0 Å². The van der Waals surface area contributed by atoms with Crippen molar-refractivity contribution in [1.29, 1.82) is 0 Å². The van der Waals surface area contributed by atoms with Crippen LogP contribution in [0.1, 0.15) is 5.56 Å². The van der Waals surface area contributed by atoms with E-state index in [0.717, 1.165) is 12.1 Å². The van der Waals surface area contributed by atoms with Gasteiger partial charge in [-0.25, -0.2) is 15.0 Å². The van der Waals surface area contributed by atoms with Gasteiger partial charge in [-0.3, -0.25) is 0 Å². The molecule has 0 fully saturated rings. The van der Waals surface area contributed by atoms with Crippen molar-refractivity contribution in [3.05, 3.63) is 59.5 Å². The van der Waals surface area contributed by atoms with Gasteiger partial charge in [0.1, 0.15) is 17.3 Å². The molecule has 25 heavy (non-hydrogen) atoms. The highest BCUT2D eigenvalue weighted by Crippen LogP contribution is 2.34. The van der Waals surface area contributed by atoms with Crippen LogP contribution in [-0.2, 0) is 6.18 Å². The zero-order valence-electron chi connectivity index (χ0n) is 12.5. The maximum Gasteiger partial charge on any atom is 0.416 e. The van der Waals surface area contributed by atoms with Crippen LogP contribution in [0.25, 0.3) is 11.3 Å². The minimum absolute atomic E-state index is 0.102. The van der Waals surface area contributed by atoms with Crippen molar-refractivity contribution in [2.24, 2.45) is 0 Å². The Hall–Kier alpha value is -2.87. The number of benzene rings is 1. The molecule has 0 atom stereocenters. The lowest BCUT2D eigenvalue weighted by Gasteiger charge is -2.11. The Bertz CT molecular complexity index is 901. The third-order valence-electron chi connectivity index (χ3n) is 3.20. The summed E-state index contributed by atoms with van der Waals surface area (Å²) in [4.78, 5) is 12.2. The molecule has 0 spiro atoms. The number of nitrogen functional groups attached to an aromatic ring is 1. The third-order valence-corrected chi connectivity index (χ3v) is 3.51. The summed E-state index contributed by atoms with van der Waals surface area (Å²) in [5, 5.41) is 0.239. The second kappa shape index (κ2) is 6.56. The molecule has 0 amide bonds. The number of hydrogen-bond acceptors (Lipinski definition) is 5.